The van der Waals surface area contributed by atoms with Crippen LogP contribution in [0.3, 0.4) is 0 Å². The Bertz CT molecular complexity index is 3110. The summed E-state index contributed by atoms with van der Waals surface area (Å²) in [6, 6.07) is 20.9. The first-order chi connectivity index (χ1) is 27.7. The summed E-state index contributed by atoms with van der Waals surface area (Å²) in [5.74, 6) is -1.09. The van der Waals surface area contributed by atoms with E-state index in [1.807, 2.05) is 0 Å². The van der Waals surface area contributed by atoms with E-state index in [1.54, 1.807) is 12.1 Å². The minimum atomic E-state index is -5.49. The van der Waals surface area contributed by atoms with E-state index in [1.165, 1.54) is 42.5 Å². The number of hydrogen-bond donors (Lipinski definition) is 5. The summed E-state index contributed by atoms with van der Waals surface area (Å²) in [5, 5.41) is 44.4. The first-order valence-corrected chi connectivity index (χ1v) is 20.4. The van der Waals surface area contributed by atoms with Crippen LogP contribution >= 0.6 is 0 Å². The predicted molar refractivity (Wildman–Crippen MR) is 211 cm³/mol. The Morgan fingerprint density at radius 1 is 0.623 bits per heavy atom. The summed E-state index contributed by atoms with van der Waals surface area (Å²) in [6.07, 6.45) is 0. The zero-order valence-electron chi connectivity index (χ0n) is 31.4. The van der Waals surface area contributed by atoms with Gasteiger partial charge in [0.05, 0.1) is 53.4 Å². The van der Waals surface area contributed by atoms with Crippen molar-refractivity contribution in [1.29, 1.82) is 0 Å². The first-order valence-electron chi connectivity index (χ1n) is 16.1. The van der Waals surface area contributed by atoms with Crippen molar-refractivity contribution in [3.8, 4) is 5.75 Å². The normalized spacial score (nSPS) is 12.1. The zero-order valence-corrected chi connectivity index (χ0v) is 39.0. The number of nitrogens with zero attached hydrogens (tertiary/aromatic N) is 7. The van der Waals surface area contributed by atoms with Gasteiger partial charge >= 0.3 is 80.9 Å². The van der Waals surface area contributed by atoms with E-state index in [4.69, 9.17) is 17.2 Å². The van der Waals surface area contributed by atoms with E-state index in [2.05, 4.69) is 35.4 Å². The third-order valence-corrected chi connectivity index (χ3v) is 11.1. The molecule has 0 fully saturated rings. The van der Waals surface area contributed by atoms with Gasteiger partial charge in [0, 0.05) is 23.5 Å². The molecule has 0 bridgehead atoms. The number of nitro benzene ring substituents is 1. The van der Waals surface area contributed by atoms with E-state index in [9.17, 15) is 49.6 Å². The summed E-state index contributed by atoms with van der Waals surface area (Å²) in [6.45, 7) is 0. The summed E-state index contributed by atoms with van der Waals surface area (Å²) >= 11 is 0. The summed E-state index contributed by atoms with van der Waals surface area (Å²) in [7, 11) is -15.1. The van der Waals surface area contributed by atoms with Gasteiger partial charge in [-0.25, -0.2) is 25.3 Å². The van der Waals surface area contributed by atoms with Crippen molar-refractivity contribution in [1.82, 2.24) is 0 Å². The maximum Gasteiger partial charge on any atom is 1.00 e. The second-order valence-electron chi connectivity index (χ2n) is 12.1. The molecule has 0 amide bonds. The number of nitro groups is 1. The van der Waals surface area contributed by atoms with Gasteiger partial charge in [-0.15, -0.1) is 15.3 Å². The quantitative estimate of drug-likeness (QED) is 0.0286. The van der Waals surface area contributed by atoms with E-state index >= 15 is 0 Å². The van der Waals surface area contributed by atoms with E-state index < -0.39 is 78.6 Å². The van der Waals surface area contributed by atoms with Crippen LogP contribution in [0.5, 0.6) is 5.75 Å². The number of nitrogens with two attached hydrogens (primary N) is 3. The Balaban J connectivity index is 0.00000410. The number of fused-ring (bicyclic) bond motifs is 1. The number of rotatable bonds is 12. The summed E-state index contributed by atoms with van der Waals surface area (Å²) in [4.78, 5) is 7.74. The molecule has 27 heteroatoms. The molecule has 61 heavy (non-hydrogen) atoms. The largest absolute Gasteiger partial charge is 1.00 e. The molecule has 0 spiro atoms. The van der Waals surface area contributed by atoms with Crippen LogP contribution in [-0.4, -0.2) is 44.4 Å². The number of phenolic OH excluding ortho intramolecular Hbond substituents is 1. The SMILES string of the molecule is Nc1ccc(N=Nc2ccc(NS(=O)(=O)c3ccc(N=Nc4c(S(=O)(=O)[O-])cc5cc(S(=O)(=O)[O-])c(N=Nc6ccc([N+](=O)[O-])cc6)c(N)c5c4O)cc3)cc2)c(N)c1.[K+].[Na+]. The summed E-state index contributed by atoms with van der Waals surface area (Å²) in [5.41, 5.74) is 16.5. The monoisotopic (exact) mass is 921 g/mol. The third kappa shape index (κ3) is 11.6. The average molecular weight is 922 g/mol. The molecule has 0 radical (unpaired) electrons. The number of sulfonamides is 1. The van der Waals surface area contributed by atoms with Crippen LogP contribution in [0.15, 0.2) is 149 Å². The molecule has 0 unspecified atom stereocenters. The van der Waals surface area contributed by atoms with Crippen LogP contribution in [0, 0.1) is 10.1 Å². The van der Waals surface area contributed by atoms with Crippen LogP contribution < -0.4 is 103 Å². The zero-order chi connectivity index (χ0) is 42.9. The van der Waals surface area contributed by atoms with Crippen molar-refractivity contribution in [2.45, 2.75) is 14.7 Å². The summed E-state index contributed by atoms with van der Waals surface area (Å²) < 4.78 is 102. The molecule has 0 heterocycles. The maximum absolute atomic E-state index is 13.1. The maximum atomic E-state index is 13.1. The Morgan fingerprint density at radius 2 is 1.10 bits per heavy atom. The van der Waals surface area contributed by atoms with E-state index in [-0.39, 0.29) is 109 Å². The van der Waals surface area contributed by atoms with E-state index in [0.717, 1.165) is 36.4 Å². The first kappa shape index (κ1) is 48.8. The number of nitrogens with one attached hydrogen (secondary N) is 1. The molecule has 0 aromatic heterocycles. The molecule has 22 nitrogen and oxygen atoms in total. The van der Waals surface area contributed by atoms with Gasteiger partial charge in [-0.1, -0.05) is 0 Å². The molecule has 0 aliphatic rings. The smallest absolute Gasteiger partial charge is 0.744 e. The predicted octanol–water partition coefficient (Wildman–Crippen LogP) is 1.06. The molecule has 0 aliphatic carbocycles. The minimum absolute atomic E-state index is 0. The van der Waals surface area contributed by atoms with Crippen LogP contribution in [0.2, 0.25) is 0 Å². The Morgan fingerprint density at radius 3 is 1.61 bits per heavy atom. The van der Waals surface area contributed by atoms with Gasteiger partial charge in [0.15, 0.2) is 5.75 Å². The van der Waals surface area contributed by atoms with Crippen LogP contribution in [0.4, 0.5) is 62.6 Å². The number of nitrogen functional groups attached to an aromatic ring is 3. The van der Waals surface area contributed by atoms with Crippen molar-refractivity contribution >= 4 is 104 Å². The van der Waals surface area contributed by atoms with E-state index in [0.29, 0.717) is 34.9 Å². The number of benzene rings is 6. The minimum Gasteiger partial charge on any atom is -0.744 e. The second kappa shape index (κ2) is 19.5. The molecule has 8 N–H and O–H groups in total. The van der Waals surface area contributed by atoms with Crippen molar-refractivity contribution in [2.24, 2.45) is 30.7 Å². The van der Waals surface area contributed by atoms with Gasteiger partial charge in [-0.3, -0.25) is 14.8 Å². The standard InChI is InChI=1S/C34H27N11O11S3.K.Na/c35-19-1-14-27(26(36)17-19)41-38-20-2-4-23(5-3-20)44-57(49,50)25-12-8-22(9-13-25)40-43-33-29(59(54,55)56)16-18-15-28(58(51,52)53)32(31(37)30(18)34(33)46)42-39-21-6-10-24(11-7-21)45(47)48;;/h1-17,44,46H,35-37H2,(H,51,52,53)(H,54,55,56);;/q;2*+1/p-2. The van der Waals surface area contributed by atoms with Crippen molar-refractivity contribution in [3.05, 3.63) is 113 Å². The van der Waals surface area contributed by atoms with Gasteiger partial charge in [-0.05, 0) is 96.4 Å². The molecule has 6 rings (SSSR count). The number of hydrogen-bond acceptors (Lipinski definition) is 20. The fraction of sp³-hybridized carbons (Fsp3) is 0. The van der Waals surface area contributed by atoms with Crippen LogP contribution in [0.25, 0.3) is 10.8 Å². The Hall–Kier alpha value is -4.81. The Kier molecular flexibility index (Phi) is 15.6. The molecule has 0 atom stereocenters. The van der Waals surface area contributed by atoms with Gasteiger partial charge in [0.2, 0.25) is 0 Å². The van der Waals surface area contributed by atoms with Crippen molar-refractivity contribution in [3.63, 3.8) is 0 Å². The number of non-ortho nitro benzene ring substituents is 1. The van der Waals surface area contributed by atoms with Crippen LogP contribution in [0.1, 0.15) is 0 Å². The second-order valence-corrected chi connectivity index (χ2v) is 16.4. The van der Waals surface area contributed by atoms with Crippen molar-refractivity contribution < 1.29 is 125 Å². The van der Waals surface area contributed by atoms with Crippen LogP contribution in [-0.2, 0) is 30.3 Å². The number of anilines is 4. The van der Waals surface area contributed by atoms with Gasteiger partial charge in [0.1, 0.15) is 37.3 Å². The number of azo groups is 3. The average Bonchev–Trinajstić information content (AvgIpc) is 3.16. The topological polar surface area (TPSA) is 376 Å². The molecule has 0 saturated carbocycles. The van der Waals surface area contributed by atoms with Crippen molar-refractivity contribution in [2.75, 3.05) is 21.9 Å². The van der Waals surface area contributed by atoms with Gasteiger partial charge < -0.3 is 31.4 Å². The molecule has 6 aromatic rings. The molecule has 0 aliphatic heterocycles. The molecule has 302 valence electrons. The van der Waals surface area contributed by atoms with Gasteiger partial charge in [0.25, 0.3) is 15.7 Å². The van der Waals surface area contributed by atoms with Gasteiger partial charge in [-0.2, -0.15) is 15.3 Å². The number of aromatic hydroxyl groups is 1. The third-order valence-electron chi connectivity index (χ3n) is 8.04. The number of phenols is 1. The molecular formula is C34H25KN11NaO11S3. The molecule has 6 aromatic carbocycles. The Labute approximate surface area is 410 Å². The fourth-order valence-corrected chi connectivity index (χ4v) is 7.59. The molecule has 0 saturated heterocycles. The molecular weight excluding hydrogens is 897 g/mol. The fourth-order valence-electron chi connectivity index (χ4n) is 5.23.